The van der Waals surface area contributed by atoms with Crippen molar-refractivity contribution in [3.8, 4) is 0 Å². The number of amides is 3. The number of nitrogens with zero attached hydrogens (tertiary/aromatic N) is 2. The van der Waals surface area contributed by atoms with Crippen LogP contribution in [0.4, 0.5) is 4.79 Å². The molecule has 9 nitrogen and oxygen atoms in total. The van der Waals surface area contributed by atoms with E-state index in [1.54, 1.807) is 9.13 Å². The van der Waals surface area contributed by atoms with E-state index in [-0.39, 0.29) is 11.6 Å². The minimum atomic E-state index is -0.678. The van der Waals surface area contributed by atoms with Gasteiger partial charge in [0.25, 0.3) is 0 Å². The highest BCUT2D eigenvalue weighted by molar-refractivity contribution is 5.98. The van der Waals surface area contributed by atoms with Crippen LogP contribution in [0.5, 0.6) is 0 Å². The number of carbonyl (C=O) groups is 3. The van der Waals surface area contributed by atoms with Crippen molar-refractivity contribution >= 4 is 28.9 Å². The van der Waals surface area contributed by atoms with E-state index in [2.05, 4.69) is 10.6 Å². The van der Waals surface area contributed by atoms with Gasteiger partial charge in [-0.15, -0.1) is 0 Å². The van der Waals surface area contributed by atoms with Crippen LogP contribution in [0.2, 0.25) is 0 Å². The fourth-order valence-electron chi connectivity index (χ4n) is 4.30. The first-order valence-corrected chi connectivity index (χ1v) is 12.2. The third-order valence-electron chi connectivity index (χ3n) is 5.85. The first kappa shape index (κ1) is 25.5. The smallest absolute Gasteiger partial charge is 0.407 e. The van der Waals surface area contributed by atoms with Crippen LogP contribution in [0.1, 0.15) is 78.2 Å². The van der Waals surface area contributed by atoms with E-state index in [1.165, 1.54) is 0 Å². The summed E-state index contributed by atoms with van der Waals surface area (Å²) in [6.45, 7) is 6.65. The summed E-state index contributed by atoms with van der Waals surface area (Å²) < 4.78 is 8.50. The third-order valence-corrected chi connectivity index (χ3v) is 5.85. The number of unbranched alkanes of at least 4 members (excludes halogenated alkanes) is 4. The monoisotopic (exact) mass is 472 g/mol. The van der Waals surface area contributed by atoms with Gasteiger partial charge >= 0.3 is 11.8 Å². The number of nitrogens with one attached hydrogen (secondary N) is 2. The van der Waals surface area contributed by atoms with E-state index in [4.69, 9.17) is 4.74 Å². The van der Waals surface area contributed by atoms with Gasteiger partial charge in [-0.3, -0.25) is 24.0 Å². The first-order chi connectivity index (χ1) is 16.2. The summed E-state index contributed by atoms with van der Waals surface area (Å²) in [6.07, 6.45) is 5.56. The zero-order valence-electron chi connectivity index (χ0n) is 20.4. The zero-order valence-corrected chi connectivity index (χ0v) is 20.4. The molecule has 1 aromatic heterocycles. The second kappa shape index (κ2) is 11.4. The van der Waals surface area contributed by atoms with Gasteiger partial charge < -0.3 is 10.1 Å². The number of fused-ring (bicyclic) bond motifs is 1. The number of carbonyl (C=O) groups excluding carboxylic acids is 3. The SMILES string of the molecule is CC(C)(C)OC(=O)NCCCCCCCn1c(=O)n(C2CCCC(=O)NC2=O)c2ccccc21. The Balaban J connectivity index is 1.53. The van der Waals surface area contributed by atoms with Gasteiger partial charge in [-0.05, 0) is 58.6 Å². The van der Waals surface area contributed by atoms with Gasteiger partial charge in [0.2, 0.25) is 11.8 Å². The van der Waals surface area contributed by atoms with Crippen molar-refractivity contribution in [1.29, 1.82) is 0 Å². The van der Waals surface area contributed by atoms with Crippen LogP contribution in [0, 0.1) is 0 Å². The van der Waals surface area contributed by atoms with E-state index in [9.17, 15) is 19.2 Å². The lowest BCUT2D eigenvalue weighted by Gasteiger charge is -2.19. The Bertz CT molecular complexity index is 1080. The van der Waals surface area contributed by atoms with Gasteiger partial charge in [0.05, 0.1) is 11.0 Å². The Morgan fingerprint density at radius 2 is 1.74 bits per heavy atom. The second-order valence-corrected chi connectivity index (χ2v) is 9.81. The summed E-state index contributed by atoms with van der Waals surface area (Å²) >= 11 is 0. The highest BCUT2D eigenvalue weighted by Gasteiger charge is 2.29. The fourth-order valence-corrected chi connectivity index (χ4v) is 4.30. The summed E-state index contributed by atoms with van der Waals surface area (Å²) in [7, 11) is 0. The van der Waals surface area contributed by atoms with Crippen LogP contribution in [0.15, 0.2) is 29.1 Å². The molecule has 0 spiro atoms. The summed E-state index contributed by atoms with van der Waals surface area (Å²) in [5, 5.41) is 5.17. The molecule has 1 unspecified atom stereocenters. The van der Waals surface area contributed by atoms with Gasteiger partial charge in [0.1, 0.15) is 11.6 Å². The molecule has 1 aliphatic heterocycles. The van der Waals surface area contributed by atoms with Gasteiger partial charge in [0.15, 0.2) is 0 Å². The summed E-state index contributed by atoms with van der Waals surface area (Å²) in [6, 6.07) is 6.81. The average molecular weight is 473 g/mol. The number of alkyl carbamates (subject to hydrolysis) is 1. The Morgan fingerprint density at radius 3 is 2.47 bits per heavy atom. The number of para-hydroxylation sites is 2. The van der Waals surface area contributed by atoms with Crippen molar-refractivity contribution < 1.29 is 19.1 Å². The molecule has 0 aliphatic carbocycles. The molecule has 1 atom stereocenters. The molecule has 3 rings (SSSR count). The predicted molar refractivity (Wildman–Crippen MR) is 130 cm³/mol. The molecule has 1 saturated heterocycles. The maximum Gasteiger partial charge on any atom is 0.407 e. The molecule has 186 valence electrons. The van der Waals surface area contributed by atoms with E-state index in [1.807, 2.05) is 45.0 Å². The predicted octanol–water partition coefficient (Wildman–Crippen LogP) is 3.65. The molecule has 2 aromatic rings. The number of imide groups is 1. The van der Waals surface area contributed by atoms with Crippen molar-refractivity contribution in [2.75, 3.05) is 6.54 Å². The molecule has 2 heterocycles. The maximum atomic E-state index is 13.3. The van der Waals surface area contributed by atoms with E-state index in [0.717, 1.165) is 43.1 Å². The number of hydrogen-bond acceptors (Lipinski definition) is 5. The van der Waals surface area contributed by atoms with Crippen molar-refractivity contribution in [2.24, 2.45) is 0 Å². The quantitative estimate of drug-likeness (QED) is 0.427. The normalized spacial score (nSPS) is 16.9. The van der Waals surface area contributed by atoms with Crippen LogP contribution in [-0.2, 0) is 20.9 Å². The van der Waals surface area contributed by atoms with Gasteiger partial charge in [-0.25, -0.2) is 9.59 Å². The summed E-state index contributed by atoms with van der Waals surface area (Å²) in [4.78, 5) is 49.3. The van der Waals surface area contributed by atoms with Crippen LogP contribution < -0.4 is 16.3 Å². The molecule has 1 fully saturated rings. The molecule has 2 N–H and O–H groups in total. The van der Waals surface area contributed by atoms with Gasteiger partial charge in [-0.1, -0.05) is 31.4 Å². The number of ether oxygens (including phenoxy) is 1. The summed E-state index contributed by atoms with van der Waals surface area (Å²) in [5.41, 5.74) is 0.813. The molecular formula is C25H36N4O5. The highest BCUT2D eigenvalue weighted by Crippen LogP contribution is 2.23. The molecule has 1 aliphatic rings. The van der Waals surface area contributed by atoms with Crippen LogP contribution in [-0.4, -0.2) is 39.2 Å². The number of aromatic nitrogens is 2. The number of benzene rings is 1. The minimum Gasteiger partial charge on any atom is -0.444 e. The molecular weight excluding hydrogens is 436 g/mol. The van der Waals surface area contributed by atoms with Crippen molar-refractivity contribution in [3.05, 3.63) is 34.7 Å². The van der Waals surface area contributed by atoms with E-state index in [0.29, 0.717) is 32.4 Å². The molecule has 0 radical (unpaired) electrons. The Kier molecular flexibility index (Phi) is 8.52. The van der Waals surface area contributed by atoms with Crippen LogP contribution in [0.25, 0.3) is 11.0 Å². The second-order valence-electron chi connectivity index (χ2n) is 9.81. The number of hydrogen-bond donors (Lipinski definition) is 2. The number of aryl methyl sites for hydroxylation is 1. The van der Waals surface area contributed by atoms with Gasteiger partial charge in [-0.2, -0.15) is 0 Å². The Morgan fingerprint density at radius 1 is 1.06 bits per heavy atom. The Labute approximate surface area is 199 Å². The molecule has 3 amide bonds. The van der Waals surface area contributed by atoms with Crippen molar-refractivity contribution in [1.82, 2.24) is 19.8 Å². The largest absolute Gasteiger partial charge is 0.444 e. The lowest BCUT2D eigenvalue weighted by molar-refractivity contribution is -0.131. The first-order valence-electron chi connectivity index (χ1n) is 12.2. The standard InChI is InChI=1S/C25H36N4O5/c1-25(2,3)34-23(32)26-16-9-5-4-6-10-17-28-18-12-7-8-13-19(18)29(24(28)33)20-14-11-15-21(30)27-22(20)31/h7-8,12-13,20H,4-6,9-11,14-17H2,1-3H3,(H,26,32)(H,27,30,31). The molecule has 0 saturated carbocycles. The van der Waals surface area contributed by atoms with E-state index >= 15 is 0 Å². The van der Waals surface area contributed by atoms with Crippen molar-refractivity contribution in [3.63, 3.8) is 0 Å². The van der Waals surface area contributed by atoms with Gasteiger partial charge in [0, 0.05) is 19.5 Å². The fraction of sp³-hybridized carbons (Fsp3) is 0.600. The minimum absolute atomic E-state index is 0.211. The summed E-state index contributed by atoms with van der Waals surface area (Å²) in [5.74, 6) is -0.696. The highest BCUT2D eigenvalue weighted by atomic mass is 16.6. The number of imidazole rings is 1. The van der Waals surface area contributed by atoms with Crippen LogP contribution in [0.3, 0.4) is 0 Å². The average Bonchev–Trinajstić information content (AvgIpc) is 2.91. The molecule has 0 bridgehead atoms. The molecule has 9 heteroatoms. The van der Waals surface area contributed by atoms with Crippen LogP contribution >= 0.6 is 0 Å². The Hall–Kier alpha value is -3.10. The number of rotatable bonds is 9. The molecule has 1 aromatic carbocycles. The molecule has 34 heavy (non-hydrogen) atoms. The van der Waals surface area contributed by atoms with E-state index < -0.39 is 23.6 Å². The topological polar surface area (TPSA) is 111 Å². The third kappa shape index (κ3) is 6.71. The lowest BCUT2D eigenvalue weighted by atomic mass is 10.1. The lowest BCUT2D eigenvalue weighted by Crippen LogP contribution is -2.38. The maximum absolute atomic E-state index is 13.3. The zero-order chi connectivity index (χ0) is 24.7. The van der Waals surface area contributed by atoms with Crippen molar-refractivity contribution in [2.45, 2.75) is 90.3 Å².